The number of benzene rings is 1. The predicted octanol–water partition coefficient (Wildman–Crippen LogP) is 1.38. The lowest BCUT2D eigenvalue weighted by molar-refractivity contribution is -0.109. The van der Waals surface area contributed by atoms with Gasteiger partial charge in [-0.3, -0.25) is 4.79 Å². The Morgan fingerprint density at radius 2 is 2.08 bits per heavy atom. The topological polar surface area (TPSA) is 87.0 Å². The van der Waals surface area contributed by atoms with Gasteiger partial charge in [0.1, 0.15) is 11.9 Å². The predicted molar refractivity (Wildman–Crippen MR) is 93.5 cm³/mol. The van der Waals surface area contributed by atoms with Crippen LogP contribution in [0.2, 0.25) is 0 Å². The number of aliphatic hydroxyl groups excluding tert-OH is 1. The molecule has 2 aromatic rings. The summed E-state index contributed by atoms with van der Waals surface area (Å²) in [5, 5.41) is 11.0. The van der Waals surface area contributed by atoms with Crippen LogP contribution in [0.3, 0.4) is 0 Å². The number of hydrogen-bond donors (Lipinski definition) is 1. The van der Waals surface area contributed by atoms with Crippen molar-refractivity contribution in [3.8, 4) is 5.75 Å². The molecule has 3 unspecified atom stereocenters. The lowest BCUT2D eigenvalue weighted by Gasteiger charge is -2.44. The highest BCUT2D eigenvalue weighted by atomic mass is 16.6. The van der Waals surface area contributed by atoms with Gasteiger partial charge in [0.2, 0.25) is 0 Å². The van der Waals surface area contributed by atoms with Gasteiger partial charge in [-0.25, -0.2) is 4.79 Å². The third-order valence-corrected chi connectivity index (χ3v) is 4.60. The van der Waals surface area contributed by atoms with E-state index in [2.05, 4.69) is 0 Å². The van der Waals surface area contributed by atoms with Gasteiger partial charge in [-0.15, -0.1) is 0 Å². The molecule has 3 rings (SSSR count). The second-order valence-electron chi connectivity index (χ2n) is 6.43. The number of ether oxygens (including phenoxy) is 3. The van der Waals surface area contributed by atoms with E-state index >= 15 is 0 Å². The van der Waals surface area contributed by atoms with E-state index in [1.54, 1.807) is 43.5 Å². The van der Waals surface area contributed by atoms with Crippen LogP contribution in [-0.2, 0) is 9.47 Å². The fourth-order valence-corrected chi connectivity index (χ4v) is 3.31. The fraction of sp³-hybridized carbons (Fsp3) is 0.368. The van der Waals surface area contributed by atoms with Crippen LogP contribution < -0.4 is 10.3 Å². The largest absolute Gasteiger partial charge is 0.482 e. The van der Waals surface area contributed by atoms with Gasteiger partial charge in [-0.2, -0.15) is 0 Å². The zero-order chi connectivity index (χ0) is 18.9. The molecule has 1 aliphatic heterocycles. The van der Waals surface area contributed by atoms with Gasteiger partial charge < -0.3 is 23.9 Å². The number of hydrogen-bond acceptors (Lipinski definition) is 6. The first-order valence-electron chi connectivity index (χ1n) is 8.16. The summed E-state index contributed by atoms with van der Waals surface area (Å²) in [4.78, 5) is 24.3. The Morgan fingerprint density at radius 3 is 2.73 bits per heavy atom. The molecule has 0 aliphatic carbocycles. The summed E-state index contributed by atoms with van der Waals surface area (Å²) in [6.07, 6.45) is 0.520. The molecule has 0 saturated carbocycles. The zero-order valence-corrected chi connectivity index (χ0v) is 14.8. The minimum atomic E-state index is -1.08. The summed E-state index contributed by atoms with van der Waals surface area (Å²) in [6.45, 7) is 1.85. The van der Waals surface area contributed by atoms with Gasteiger partial charge in [0.15, 0.2) is 5.60 Å². The summed E-state index contributed by atoms with van der Waals surface area (Å²) in [5.41, 5.74) is -0.490. The molecular formula is C19H21NO6. The molecule has 0 saturated heterocycles. The van der Waals surface area contributed by atoms with Crippen molar-refractivity contribution >= 4 is 5.97 Å². The van der Waals surface area contributed by atoms with Gasteiger partial charge >= 0.3 is 5.97 Å². The number of fused-ring (bicyclic) bond motifs is 1. The number of nitrogens with zero attached hydrogens (tertiary/aromatic N) is 1. The molecule has 1 aromatic heterocycles. The minimum absolute atomic E-state index is 0.129. The third-order valence-electron chi connectivity index (χ3n) is 4.60. The molecule has 0 amide bonds. The van der Waals surface area contributed by atoms with Crippen LogP contribution in [0.25, 0.3) is 0 Å². The molecular weight excluding hydrogens is 338 g/mol. The molecule has 7 nitrogen and oxygen atoms in total. The van der Waals surface area contributed by atoms with Gasteiger partial charge in [-0.1, -0.05) is 6.07 Å². The maximum absolute atomic E-state index is 12.4. The molecule has 0 bridgehead atoms. The molecule has 0 spiro atoms. The highest BCUT2D eigenvalue weighted by Crippen LogP contribution is 2.42. The molecule has 1 N–H and O–H groups in total. The number of esters is 1. The zero-order valence-electron chi connectivity index (χ0n) is 14.8. The van der Waals surface area contributed by atoms with E-state index in [9.17, 15) is 14.7 Å². The van der Waals surface area contributed by atoms with Crippen molar-refractivity contribution in [1.29, 1.82) is 0 Å². The quantitative estimate of drug-likeness (QED) is 0.830. The monoisotopic (exact) mass is 359 g/mol. The number of aliphatic hydroxyl groups is 1. The Labute approximate surface area is 150 Å². The normalized spacial score (nSPS) is 24.5. The van der Waals surface area contributed by atoms with Crippen molar-refractivity contribution in [2.45, 2.75) is 24.7 Å². The van der Waals surface area contributed by atoms with Crippen LogP contribution in [0.1, 0.15) is 28.9 Å². The molecule has 7 heteroatoms. The van der Waals surface area contributed by atoms with Crippen molar-refractivity contribution in [1.82, 2.24) is 4.57 Å². The van der Waals surface area contributed by atoms with Crippen LogP contribution in [-0.4, -0.2) is 48.2 Å². The van der Waals surface area contributed by atoms with E-state index < -0.39 is 23.7 Å². The van der Waals surface area contributed by atoms with Gasteiger partial charge in [0.25, 0.3) is 5.56 Å². The number of carbonyl (C=O) groups is 1. The molecule has 1 aromatic carbocycles. The Balaban J connectivity index is 2.21. The van der Waals surface area contributed by atoms with Crippen molar-refractivity contribution in [3.63, 3.8) is 0 Å². The first-order chi connectivity index (χ1) is 12.4. The SMILES string of the molecule is COCC1(C)Oc2ccc(C(=O)OC)cc2C(n2ccccc2=O)C1O. The Hall–Kier alpha value is -2.64. The number of pyridine rings is 1. The number of carbonyl (C=O) groups excluding carboxylic acids is 1. The number of aromatic nitrogens is 1. The van der Waals surface area contributed by atoms with Gasteiger partial charge in [0, 0.05) is 24.9 Å². The Morgan fingerprint density at radius 1 is 1.31 bits per heavy atom. The van der Waals surface area contributed by atoms with E-state index in [4.69, 9.17) is 14.2 Å². The molecule has 1 aliphatic rings. The Bertz CT molecular complexity index is 876. The lowest BCUT2D eigenvalue weighted by Crippen LogP contribution is -2.56. The first-order valence-corrected chi connectivity index (χ1v) is 8.16. The molecule has 0 fully saturated rings. The van der Waals surface area contributed by atoms with E-state index in [1.165, 1.54) is 24.9 Å². The second kappa shape index (κ2) is 6.93. The maximum Gasteiger partial charge on any atom is 0.337 e. The maximum atomic E-state index is 12.4. The average molecular weight is 359 g/mol. The molecule has 0 radical (unpaired) electrons. The van der Waals surface area contributed by atoms with Crippen molar-refractivity contribution in [2.24, 2.45) is 0 Å². The third kappa shape index (κ3) is 3.00. The van der Waals surface area contributed by atoms with Crippen LogP contribution in [0.15, 0.2) is 47.4 Å². The Kier molecular flexibility index (Phi) is 4.84. The highest BCUT2D eigenvalue weighted by molar-refractivity contribution is 5.89. The standard InChI is InChI=1S/C19H21NO6/c1-19(11-24-2)17(22)16(20-9-5-4-6-15(20)21)13-10-12(18(23)25-3)7-8-14(13)26-19/h4-10,16-17,22H,11H2,1-3H3. The van der Waals surface area contributed by atoms with Crippen molar-refractivity contribution < 1.29 is 24.1 Å². The van der Waals surface area contributed by atoms with Crippen LogP contribution in [0.5, 0.6) is 5.75 Å². The van der Waals surface area contributed by atoms with Crippen LogP contribution in [0, 0.1) is 0 Å². The fourth-order valence-electron chi connectivity index (χ4n) is 3.31. The van der Waals surface area contributed by atoms with Gasteiger partial charge in [-0.05, 0) is 31.2 Å². The smallest absolute Gasteiger partial charge is 0.337 e. The molecule has 138 valence electrons. The molecule has 26 heavy (non-hydrogen) atoms. The van der Waals surface area contributed by atoms with Crippen molar-refractivity contribution in [3.05, 3.63) is 64.1 Å². The van der Waals surface area contributed by atoms with E-state index in [0.717, 1.165) is 0 Å². The van der Waals surface area contributed by atoms with E-state index in [0.29, 0.717) is 16.9 Å². The van der Waals surface area contributed by atoms with Crippen LogP contribution in [0.4, 0.5) is 0 Å². The van der Waals surface area contributed by atoms with Crippen molar-refractivity contribution in [2.75, 3.05) is 20.8 Å². The van der Waals surface area contributed by atoms with Gasteiger partial charge in [0.05, 0.1) is 25.3 Å². The summed E-state index contributed by atoms with van der Waals surface area (Å²) in [7, 11) is 2.81. The summed E-state index contributed by atoms with van der Waals surface area (Å²) in [5.74, 6) is -0.0325. The number of rotatable bonds is 4. The van der Waals surface area contributed by atoms with E-state index in [-0.39, 0.29) is 12.2 Å². The molecule has 3 atom stereocenters. The average Bonchev–Trinajstić information content (AvgIpc) is 2.63. The summed E-state index contributed by atoms with van der Waals surface area (Å²) < 4.78 is 17.4. The second-order valence-corrected chi connectivity index (χ2v) is 6.43. The summed E-state index contributed by atoms with van der Waals surface area (Å²) >= 11 is 0. The minimum Gasteiger partial charge on any atom is -0.482 e. The first kappa shape index (κ1) is 18.2. The lowest BCUT2D eigenvalue weighted by atomic mass is 9.84. The number of methoxy groups -OCH3 is 2. The molecule has 2 heterocycles. The highest BCUT2D eigenvalue weighted by Gasteiger charge is 2.47. The van der Waals surface area contributed by atoms with E-state index in [1.807, 2.05) is 0 Å². The van der Waals surface area contributed by atoms with Crippen LogP contribution >= 0.6 is 0 Å². The summed E-state index contributed by atoms with van der Waals surface area (Å²) in [6, 6.07) is 8.83.